The second-order valence-corrected chi connectivity index (χ2v) is 2.04. The molecule has 0 spiro atoms. The Balaban J connectivity index is 3.56. The molecule has 0 rings (SSSR count). The molecule has 0 radical (unpaired) electrons. The van der Waals surface area contributed by atoms with E-state index in [4.69, 9.17) is 11.6 Å². The van der Waals surface area contributed by atoms with Gasteiger partial charge in [0.1, 0.15) is 0 Å². The molecule has 9 heavy (non-hydrogen) atoms. The first kappa shape index (κ1) is 8.51. The molecule has 0 fully saturated rings. The van der Waals surface area contributed by atoms with Crippen molar-refractivity contribution in [3.8, 4) is 0 Å². The van der Waals surface area contributed by atoms with Gasteiger partial charge in [0.2, 0.25) is 0 Å². The Labute approximate surface area is 61.5 Å². The number of hydrogen-bond donors (Lipinski definition) is 0. The van der Waals surface area contributed by atoms with Crippen LogP contribution in [0.5, 0.6) is 0 Å². The van der Waals surface area contributed by atoms with E-state index in [9.17, 15) is 0 Å². The molecule has 0 unspecified atom stereocenters. The molecule has 0 saturated carbocycles. The zero-order valence-corrected chi connectivity index (χ0v) is 6.36. The van der Waals surface area contributed by atoms with Crippen molar-refractivity contribution in [3.63, 3.8) is 0 Å². The van der Waals surface area contributed by atoms with Gasteiger partial charge in [0.05, 0.1) is 0 Å². The smallest absolute Gasteiger partial charge is 0.0360 e. The fraction of sp³-hybridized carbons (Fsp3) is 0.250. The molecular formula is C8H11Cl. The molecule has 0 heterocycles. The van der Waals surface area contributed by atoms with Crippen molar-refractivity contribution in [2.24, 2.45) is 0 Å². The quantitative estimate of drug-likeness (QED) is 0.419. The van der Waals surface area contributed by atoms with Crippen LogP contribution in [-0.2, 0) is 0 Å². The van der Waals surface area contributed by atoms with Gasteiger partial charge in [-0.3, -0.25) is 0 Å². The molecule has 0 aliphatic heterocycles. The molecule has 0 bridgehead atoms. The third kappa shape index (κ3) is 5.38. The molecule has 1 heteroatoms. The minimum absolute atomic E-state index is 0.775. The highest BCUT2D eigenvalue weighted by Crippen LogP contribution is 2.02. The summed E-state index contributed by atoms with van der Waals surface area (Å²) in [6.45, 7) is 5.47. The molecule has 0 saturated heterocycles. The Kier molecular flexibility index (Phi) is 5.34. The van der Waals surface area contributed by atoms with Crippen molar-refractivity contribution in [2.45, 2.75) is 13.3 Å². The highest BCUT2D eigenvalue weighted by Gasteiger charge is 1.76. The molecule has 0 aromatic carbocycles. The molecule has 0 aliphatic carbocycles. The first-order valence-electron chi connectivity index (χ1n) is 2.90. The van der Waals surface area contributed by atoms with E-state index in [0.717, 1.165) is 11.5 Å². The summed E-state index contributed by atoms with van der Waals surface area (Å²) in [4.78, 5) is 0. The van der Waals surface area contributed by atoms with Gasteiger partial charge in [-0.2, -0.15) is 0 Å². The van der Waals surface area contributed by atoms with Gasteiger partial charge in [-0.25, -0.2) is 0 Å². The summed E-state index contributed by atoms with van der Waals surface area (Å²) in [5.41, 5.74) is 0. The maximum atomic E-state index is 5.64. The van der Waals surface area contributed by atoms with E-state index >= 15 is 0 Å². The van der Waals surface area contributed by atoms with Crippen molar-refractivity contribution in [1.29, 1.82) is 0 Å². The summed E-state index contributed by atoms with van der Waals surface area (Å²) >= 11 is 5.64. The zero-order valence-electron chi connectivity index (χ0n) is 5.60. The first-order valence-corrected chi connectivity index (χ1v) is 3.28. The lowest BCUT2D eigenvalue weighted by Gasteiger charge is -1.82. The maximum Gasteiger partial charge on any atom is 0.0360 e. The van der Waals surface area contributed by atoms with Crippen LogP contribution in [0, 0.1) is 0 Å². The monoisotopic (exact) mass is 142 g/mol. The summed E-state index contributed by atoms with van der Waals surface area (Å²) in [6.07, 6.45) is 8.39. The van der Waals surface area contributed by atoms with Crippen LogP contribution in [0.25, 0.3) is 0 Å². The van der Waals surface area contributed by atoms with Gasteiger partial charge in [0.15, 0.2) is 0 Å². The van der Waals surface area contributed by atoms with Crippen LogP contribution >= 0.6 is 11.6 Å². The molecule has 0 nitrogen and oxygen atoms in total. The van der Waals surface area contributed by atoms with Gasteiger partial charge in [-0.15, -0.1) is 6.58 Å². The highest BCUT2D eigenvalue weighted by molar-refractivity contribution is 6.31. The summed E-state index contributed by atoms with van der Waals surface area (Å²) in [5.74, 6) is 0. The van der Waals surface area contributed by atoms with Crippen LogP contribution in [0.1, 0.15) is 13.3 Å². The fourth-order valence-corrected chi connectivity index (χ4v) is 0.462. The Morgan fingerprint density at radius 3 is 2.78 bits per heavy atom. The average Bonchev–Trinajstić information content (AvgIpc) is 1.89. The van der Waals surface area contributed by atoms with Crippen molar-refractivity contribution in [2.75, 3.05) is 0 Å². The molecule has 0 amide bonds. The molecule has 0 aromatic rings. The maximum absolute atomic E-state index is 5.64. The van der Waals surface area contributed by atoms with Crippen LogP contribution in [0.3, 0.4) is 0 Å². The number of halogens is 1. The second-order valence-electron chi connectivity index (χ2n) is 1.60. The standard InChI is InChI=1S/C8H11Cl/c1-3-5-6-7-8(9)4-2/h3-4,6-7H,1,5H2,2H3/b7-6?,8-4+. The predicted octanol–water partition coefficient (Wildman–Crippen LogP) is 3.26. The lowest BCUT2D eigenvalue weighted by molar-refractivity contribution is 1.40. The highest BCUT2D eigenvalue weighted by atomic mass is 35.5. The van der Waals surface area contributed by atoms with Gasteiger partial charge >= 0.3 is 0 Å². The molecule has 0 atom stereocenters. The van der Waals surface area contributed by atoms with Gasteiger partial charge in [-0.1, -0.05) is 29.8 Å². The lowest BCUT2D eigenvalue weighted by Crippen LogP contribution is -1.59. The zero-order chi connectivity index (χ0) is 7.11. The molecular weight excluding hydrogens is 132 g/mol. The van der Waals surface area contributed by atoms with E-state index in [1.54, 1.807) is 0 Å². The van der Waals surface area contributed by atoms with Crippen molar-refractivity contribution < 1.29 is 0 Å². The van der Waals surface area contributed by atoms with Crippen LogP contribution in [-0.4, -0.2) is 0 Å². The topological polar surface area (TPSA) is 0 Å². The van der Waals surface area contributed by atoms with Crippen molar-refractivity contribution >= 4 is 11.6 Å². The minimum atomic E-state index is 0.775. The average molecular weight is 143 g/mol. The van der Waals surface area contributed by atoms with E-state index in [2.05, 4.69) is 6.58 Å². The molecule has 0 aliphatic rings. The van der Waals surface area contributed by atoms with E-state index in [1.165, 1.54) is 0 Å². The van der Waals surface area contributed by atoms with Crippen LogP contribution in [0.4, 0.5) is 0 Å². The fourth-order valence-electron chi connectivity index (χ4n) is 0.373. The Bertz CT molecular complexity index is 132. The van der Waals surface area contributed by atoms with Gasteiger partial charge in [-0.05, 0) is 19.4 Å². The summed E-state index contributed by atoms with van der Waals surface area (Å²) in [5, 5.41) is 0.775. The van der Waals surface area contributed by atoms with Gasteiger partial charge in [0, 0.05) is 5.03 Å². The lowest BCUT2D eigenvalue weighted by atomic mass is 10.3. The summed E-state index contributed by atoms with van der Waals surface area (Å²) in [7, 11) is 0. The van der Waals surface area contributed by atoms with E-state index in [-0.39, 0.29) is 0 Å². The summed E-state index contributed by atoms with van der Waals surface area (Å²) < 4.78 is 0. The Morgan fingerprint density at radius 2 is 2.33 bits per heavy atom. The van der Waals surface area contributed by atoms with E-state index < -0.39 is 0 Å². The van der Waals surface area contributed by atoms with Crippen molar-refractivity contribution in [1.82, 2.24) is 0 Å². The SMILES string of the molecule is C=CCC=C/C(Cl)=C\C. The third-order valence-electron chi connectivity index (χ3n) is 0.856. The normalized spacial score (nSPS) is 12.4. The Hall–Kier alpha value is -0.490. The van der Waals surface area contributed by atoms with Crippen LogP contribution in [0.2, 0.25) is 0 Å². The van der Waals surface area contributed by atoms with Gasteiger partial charge in [0.25, 0.3) is 0 Å². The predicted molar refractivity (Wildman–Crippen MR) is 43.6 cm³/mol. The number of allylic oxidation sites excluding steroid dienone is 5. The summed E-state index contributed by atoms with van der Waals surface area (Å²) in [6, 6.07) is 0. The molecule has 0 aromatic heterocycles. The first-order chi connectivity index (χ1) is 4.31. The van der Waals surface area contributed by atoms with Crippen LogP contribution in [0.15, 0.2) is 35.9 Å². The minimum Gasteiger partial charge on any atom is -0.103 e. The molecule has 0 N–H and O–H groups in total. The number of hydrogen-bond acceptors (Lipinski definition) is 0. The van der Waals surface area contributed by atoms with Gasteiger partial charge < -0.3 is 0 Å². The second kappa shape index (κ2) is 5.64. The van der Waals surface area contributed by atoms with E-state index in [0.29, 0.717) is 0 Å². The largest absolute Gasteiger partial charge is 0.103 e. The van der Waals surface area contributed by atoms with E-state index in [1.807, 2.05) is 31.2 Å². The number of rotatable bonds is 3. The third-order valence-corrected chi connectivity index (χ3v) is 1.20. The molecule has 50 valence electrons. The van der Waals surface area contributed by atoms with Crippen LogP contribution < -0.4 is 0 Å². The van der Waals surface area contributed by atoms with Crippen molar-refractivity contribution in [3.05, 3.63) is 35.9 Å². The Morgan fingerprint density at radius 1 is 1.67 bits per heavy atom.